The quantitative estimate of drug-likeness (QED) is 0.0426. The highest BCUT2D eigenvalue weighted by molar-refractivity contribution is 7.99. The van der Waals surface area contributed by atoms with Crippen LogP contribution in [0.4, 0.5) is 19.2 Å². The lowest BCUT2D eigenvalue weighted by Crippen LogP contribution is -2.52. The molecule has 4 amide bonds. The van der Waals surface area contributed by atoms with Crippen molar-refractivity contribution in [1.82, 2.24) is 21.3 Å². The van der Waals surface area contributed by atoms with Gasteiger partial charge in [-0.1, -0.05) is 0 Å². The Morgan fingerprint density at radius 3 is 1.30 bits per heavy atom. The Balaban J connectivity index is 1.53. The predicted molar refractivity (Wildman–Crippen MR) is 241 cm³/mol. The lowest BCUT2D eigenvalue weighted by atomic mass is 10.2. The standard InChI is InChI=1S/C41H72N4O20S2/c1-39(2,3)65-38(51)43-11-23-67-21-9-13-55-15-17-57-19-18-56-16-14-54-12-8-20-66-22-10-42-35(48)62-30(24-44-36(49)63-31-26-58-40(4,59-27-31)33(46)52-6)25-45-37(50)64-32-28-60-41(5,61-29-32)34(47)53-7/h30-32H,8-29H2,1-7H3,(H,42,48)(H,43,51)(H,44,49)(H,45,50). The van der Waals surface area contributed by atoms with Crippen LogP contribution in [0.2, 0.25) is 0 Å². The summed E-state index contributed by atoms with van der Waals surface area (Å²) in [5.74, 6) is -1.64. The van der Waals surface area contributed by atoms with Crippen LogP contribution in [0.15, 0.2) is 0 Å². The molecule has 0 atom stereocenters. The zero-order chi connectivity index (χ0) is 49.4. The summed E-state index contributed by atoms with van der Waals surface area (Å²) < 4.78 is 74.4. The smallest absolute Gasteiger partial charge is 0.407 e. The van der Waals surface area contributed by atoms with Crippen molar-refractivity contribution in [2.45, 2.75) is 82.9 Å². The Morgan fingerprint density at radius 1 is 0.552 bits per heavy atom. The normalized spacial score (nSPS) is 20.9. The number of esters is 2. The average molecular weight is 1010 g/mol. The largest absolute Gasteiger partial charge is 0.465 e. The van der Waals surface area contributed by atoms with Crippen molar-refractivity contribution >= 4 is 59.8 Å². The van der Waals surface area contributed by atoms with Crippen LogP contribution >= 0.6 is 23.5 Å². The van der Waals surface area contributed by atoms with Crippen molar-refractivity contribution < 1.29 is 95.1 Å². The molecule has 0 bridgehead atoms. The van der Waals surface area contributed by atoms with E-state index in [1.54, 1.807) is 23.5 Å². The maximum absolute atomic E-state index is 12.7. The zero-order valence-corrected chi connectivity index (χ0v) is 41.4. The highest BCUT2D eigenvalue weighted by atomic mass is 32.2. The van der Waals surface area contributed by atoms with Gasteiger partial charge in [-0.25, -0.2) is 28.8 Å². The summed E-state index contributed by atoms with van der Waals surface area (Å²) in [6.07, 6.45) is -4.09. The Morgan fingerprint density at radius 2 is 0.925 bits per heavy atom. The van der Waals surface area contributed by atoms with Gasteiger partial charge in [0.2, 0.25) is 0 Å². The van der Waals surface area contributed by atoms with Crippen molar-refractivity contribution in [1.29, 1.82) is 0 Å². The molecule has 2 heterocycles. The molecule has 2 saturated heterocycles. The Labute approximate surface area is 400 Å². The first-order valence-electron chi connectivity index (χ1n) is 22.0. The van der Waals surface area contributed by atoms with Gasteiger partial charge in [-0.2, -0.15) is 23.5 Å². The van der Waals surface area contributed by atoms with Crippen LogP contribution in [0.5, 0.6) is 0 Å². The number of ether oxygens (including phenoxy) is 14. The predicted octanol–water partition coefficient (Wildman–Crippen LogP) is 1.98. The number of hydrogen-bond acceptors (Lipinski definition) is 22. The molecule has 0 aromatic carbocycles. The van der Waals surface area contributed by atoms with Crippen molar-refractivity contribution in [2.75, 3.05) is 143 Å². The second kappa shape index (κ2) is 33.8. The molecule has 0 spiro atoms. The summed E-state index contributed by atoms with van der Waals surface area (Å²) in [5.41, 5.74) is -0.500. The molecule has 2 rings (SSSR count). The first-order chi connectivity index (χ1) is 32.0. The summed E-state index contributed by atoms with van der Waals surface area (Å²) in [5, 5.41) is 10.3. The summed E-state index contributed by atoms with van der Waals surface area (Å²) in [4.78, 5) is 73.3. The summed E-state index contributed by atoms with van der Waals surface area (Å²) in [6.45, 7) is 11.9. The number of nitrogens with one attached hydrogen (secondary N) is 4. The lowest BCUT2D eigenvalue weighted by Gasteiger charge is -2.34. The van der Waals surface area contributed by atoms with Gasteiger partial charge in [-0.05, 0) is 45.1 Å². The van der Waals surface area contributed by atoms with Gasteiger partial charge in [0.05, 0.1) is 93.4 Å². The van der Waals surface area contributed by atoms with Gasteiger partial charge in [-0.3, -0.25) is 0 Å². The lowest BCUT2D eigenvalue weighted by molar-refractivity contribution is -0.279. The van der Waals surface area contributed by atoms with Crippen LogP contribution in [0.25, 0.3) is 0 Å². The van der Waals surface area contributed by atoms with E-state index in [4.69, 9.17) is 56.8 Å². The summed E-state index contributed by atoms with van der Waals surface area (Å²) >= 11 is 3.35. The van der Waals surface area contributed by atoms with E-state index >= 15 is 0 Å². The molecular formula is C41H72N4O20S2. The molecule has 2 aliphatic heterocycles. The van der Waals surface area contributed by atoms with Gasteiger partial charge < -0.3 is 87.6 Å². The first kappa shape index (κ1) is 59.5. The van der Waals surface area contributed by atoms with E-state index in [0.29, 0.717) is 65.2 Å². The fraction of sp³-hybridized carbons (Fsp3) is 0.854. The van der Waals surface area contributed by atoms with Crippen molar-refractivity contribution in [3.63, 3.8) is 0 Å². The van der Waals surface area contributed by atoms with E-state index in [1.807, 2.05) is 20.8 Å². The van der Waals surface area contributed by atoms with Crippen LogP contribution in [0, 0.1) is 0 Å². The molecule has 0 saturated carbocycles. The van der Waals surface area contributed by atoms with Gasteiger partial charge in [0.1, 0.15) is 11.7 Å². The number of carbonyl (C=O) groups excluding carboxylic acids is 6. The molecule has 0 radical (unpaired) electrons. The number of methoxy groups -OCH3 is 2. The van der Waals surface area contributed by atoms with Crippen LogP contribution in [-0.4, -0.2) is 214 Å². The highest BCUT2D eigenvalue weighted by Gasteiger charge is 2.43. The van der Waals surface area contributed by atoms with Gasteiger partial charge in [0, 0.05) is 51.7 Å². The molecule has 24 nitrogen and oxygen atoms in total. The SMILES string of the molecule is COC(=O)C1(C)OCC(OC(=O)NCC(CNC(=O)OC2COC(C)(C(=O)OC)OC2)OC(=O)NCCSCCCOCCOCCOCCOCCCSCCNC(=O)OC(C)(C)C)CO1. The number of hydrogen-bond donors (Lipinski definition) is 4. The Hall–Kier alpha value is -3.60. The molecule has 2 fully saturated rings. The average Bonchev–Trinajstić information content (AvgIpc) is 3.29. The third kappa shape index (κ3) is 27.9. The van der Waals surface area contributed by atoms with E-state index in [9.17, 15) is 28.8 Å². The Bertz CT molecular complexity index is 1390. The summed E-state index contributed by atoms with van der Waals surface area (Å²) in [6, 6.07) is 0. The van der Waals surface area contributed by atoms with E-state index in [0.717, 1.165) is 30.1 Å². The minimum absolute atomic E-state index is 0.152. The third-order valence-corrected chi connectivity index (χ3v) is 10.9. The van der Waals surface area contributed by atoms with Crippen molar-refractivity contribution in [3.8, 4) is 0 Å². The second-order valence-electron chi connectivity index (χ2n) is 15.7. The molecule has 67 heavy (non-hydrogen) atoms. The highest BCUT2D eigenvalue weighted by Crippen LogP contribution is 2.22. The minimum atomic E-state index is -1.64. The molecule has 0 unspecified atom stereocenters. The molecule has 0 aromatic heterocycles. The maximum atomic E-state index is 12.7. The number of rotatable bonds is 32. The third-order valence-electron chi connectivity index (χ3n) is 8.76. The first-order valence-corrected chi connectivity index (χ1v) is 24.3. The van der Waals surface area contributed by atoms with Crippen molar-refractivity contribution in [2.24, 2.45) is 0 Å². The minimum Gasteiger partial charge on any atom is -0.465 e. The number of amides is 4. The topological polar surface area (TPSA) is 280 Å². The maximum Gasteiger partial charge on any atom is 0.407 e. The zero-order valence-electron chi connectivity index (χ0n) is 39.8. The fourth-order valence-electron chi connectivity index (χ4n) is 5.32. The monoisotopic (exact) mass is 1000 g/mol. The fourth-order valence-corrected chi connectivity index (χ4v) is 6.86. The molecule has 4 N–H and O–H groups in total. The Kier molecular flexibility index (Phi) is 30.0. The number of thioether (sulfide) groups is 2. The van der Waals surface area contributed by atoms with Gasteiger partial charge in [0.25, 0.3) is 11.6 Å². The van der Waals surface area contributed by atoms with Gasteiger partial charge in [-0.15, -0.1) is 0 Å². The van der Waals surface area contributed by atoms with Crippen LogP contribution < -0.4 is 21.3 Å². The van der Waals surface area contributed by atoms with Gasteiger partial charge in [0.15, 0.2) is 12.2 Å². The molecule has 26 heteroatoms. The van der Waals surface area contributed by atoms with E-state index < -0.39 is 71.8 Å². The van der Waals surface area contributed by atoms with E-state index in [-0.39, 0.29) is 46.1 Å². The van der Waals surface area contributed by atoms with Crippen LogP contribution in [-0.2, 0) is 75.9 Å². The second-order valence-corrected chi connectivity index (χ2v) is 18.1. The molecule has 0 aromatic rings. The van der Waals surface area contributed by atoms with E-state index in [2.05, 4.69) is 30.7 Å². The van der Waals surface area contributed by atoms with Gasteiger partial charge >= 0.3 is 36.3 Å². The van der Waals surface area contributed by atoms with Crippen molar-refractivity contribution in [3.05, 3.63) is 0 Å². The number of alkyl carbamates (subject to hydrolysis) is 4. The molecule has 388 valence electrons. The van der Waals surface area contributed by atoms with Crippen LogP contribution in [0.3, 0.4) is 0 Å². The van der Waals surface area contributed by atoms with Crippen LogP contribution in [0.1, 0.15) is 47.5 Å². The molecule has 2 aliphatic rings. The summed E-state index contributed by atoms with van der Waals surface area (Å²) in [7, 11) is 2.37. The number of carbonyl (C=O) groups is 6. The molecular weight excluding hydrogens is 933 g/mol. The molecule has 0 aliphatic carbocycles. The van der Waals surface area contributed by atoms with E-state index in [1.165, 1.54) is 28.1 Å².